The van der Waals surface area contributed by atoms with E-state index in [-0.39, 0.29) is 6.42 Å². The maximum Gasteiger partial charge on any atom is 0.305 e. The molecule has 1 aliphatic rings. The van der Waals surface area contributed by atoms with Crippen molar-refractivity contribution >= 4 is 5.97 Å². The Labute approximate surface area is 79.3 Å². The van der Waals surface area contributed by atoms with Crippen LogP contribution in [0.2, 0.25) is 0 Å². The molecule has 1 rings (SSSR count). The third kappa shape index (κ3) is 1.85. The Balaban J connectivity index is 2.75. The van der Waals surface area contributed by atoms with Gasteiger partial charge in [0.25, 0.3) is 0 Å². The predicted octanol–water partition coefficient (Wildman–Crippen LogP) is 1.47. The van der Waals surface area contributed by atoms with Gasteiger partial charge in [-0.25, -0.2) is 0 Å². The molecule has 13 heavy (non-hydrogen) atoms. The smallest absolute Gasteiger partial charge is 0.305 e. The van der Waals surface area contributed by atoms with Crippen molar-refractivity contribution in [1.29, 1.82) is 0 Å². The summed E-state index contributed by atoms with van der Waals surface area (Å²) < 4.78 is 0. The van der Waals surface area contributed by atoms with Crippen LogP contribution in [0.15, 0.2) is 0 Å². The lowest BCUT2D eigenvalue weighted by Crippen LogP contribution is -2.45. The van der Waals surface area contributed by atoms with Crippen LogP contribution in [0, 0.1) is 17.8 Å². The van der Waals surface area contributed by atoms with Crippen LogP contribution < -0.4 is 5.73 Å². The number of hydrogen-bond donors (Lipinski definition) is 2. The van der Waals surface area contributed by atoms with Crippen LogP contribution in [-0.4, -0.2) is 16.6 Å². The Hall–Kier alpha value is -0.570. The highest BCUT2D eigenvalue weighted by atomic mass is 16.4. The summed E-state index contributed by atoms with van der Waals surface area (Å²) in [5.74, 6) is 0.595. The number of carboxylic acids is 1. The molecule has 0 bridgehead atoms. The zero-order chi connectivity index (χ0) is 10.2. The van der Waals surface area contributed by atoms with Crippen molar-refractivity contribution in [3.05, 3.63) is 0 Å². The number of aliphatic carboxylic acids is 1. The molecule has 3 heteroatoms. The molecule has 0 saturated heterocycles. The predicted molar refractivity (Wildman–Crippen MR) is 51.3 cm³/mol. The van der Waals surface area contributed by atoms with E-state index in [9.17, 15) is 4.79 Å². The highest BCUT2D eigenvalue weighted by Gasteiger charge is 2.46. The van der Waals surface area contributed by atoms with Crippen LogP contribution >= 0.6 is 0 Å². The Morgan fingerprint density at radius 3 is 2.38 bits per heavy atom. The first-order valence-electron chi connectivity index (χ1n) is 4.87. The van der Waals surface area contributed by atoms with E-state index in [4.69, 9.17) is 10.8 Å². The fraction of sp³-hybridized carbons (Fsp3) is 0.900. The fourth-order valence-electron chi connectivity index (χ4n) is 2.50. The summed E-state index contributed by atoms with van der Waals surface area (Å²) in [6, 6.07) is 0. The minimum Gasteiger partial charge on any atom is -0.481 e. The van der Waals surface area contributed by atoms with Crippen LogP contribution in [0.5, 0.6) is 0 Å². The van der Waals surface area contributed by atoms with Gasteiger partial charge in [0, 0.05) is 5.54 Å². The van der Waals surface area contributed by atoms with Crippen LogP contribution in [0.25, 0.3) is 0 Å². The molecule has 3 nitrogen and oxygen atoms in total. The zero-order valence-electron chi connectivity index (χ0n) is 8.58. The lowest BCUT2D eigenvalue weighted by molar-refractivity contribution is -0.138. The third-order valence-corrected chi connectivity index (χ3v) is 3.78. The second-order valence-electron chi connectivity index (χ2n) is 4.63. The summed E-state index contributed by atoms with van der Waals surface area (Å²) in [7, 11) is 0. The lowest BCUT2D eigenvalue weighted by atomic mass is 9.83. The van der Waals surface area contributed by atoms with Crippen molar-refractivity contribution < 1.29 is 9.90 Å². The number of rotatable bonds is 2. The SMILES string of the molecule is CC1CC(N)(CC(=O)O)C(C)C1C. The van der Waals surface area contributed by atoms with Gasteiger partial charge in [-0.2, -0.15) is 0 Å². The van der Waals surface area contributed by atoms with Crippen molar-refractivity contribution in [1.82, 2.24) is 0 Å². The van der Waals surface area contributed by atoms with E-state index in [2.05, 4.69) is 20.8 Å². The molecule has 0 spiro atoms. The summed E-state index contributed by atoms with van der Waals surface area (Å²) in [6.07, 6.45) is 0.935. The summed E-state index contributed by atoms with van der Waals surface area (Å²) in [4.78, 5) is 10.6. The first-order chi connectivity index (χ1) is 5.87. The number of hydrogen-bond acceptors (Lipinski definition) is 2. The zero-order valence-corrected chi connectivity index (χ0v) is 8.58. The summed E-state index contributed by atoms with van der Waals surface area (Å²) >= 11 is 0. The van der Waals surface area contributed by atoms with Crippen molar-refractivity contribution in [3.63, 3.8) is 0 Å². The molecule has 0 aromatic carbocycles. The van der Waals surface area contributed by atoms with Gasteiger partial charge in [-0.15, -0.1) is 0 Å². The minimum atomic E-state index is -0.782. The Morgan fingerprint density at radius 1 is 1.54 bits per heavy atom. The second-order valence-corrected chi connectivity index (χ2v) is 4.63. The normalized spacial score (nSPS) is 45.1. The first kappa shape index (κ1) is 10.5. The molecular weight excluding hydrogens is 166 g/mol. The summed E-state index contributed by atoms with van der Waals surface area (Å²) in [5.41, 5.74) is 5.62. The third-order valence-electron chi connectivity index (χ3n) is 3.78. The Morgan fingerprint density at radius 2 is 2.08 bits per heavy atom. The molecule has 4 unspecified atom stereocenters. The van der Waals surface area contributed by atoms with Gasteiger partial charge in [0.15, 0.2) is 0 Å². The van der Waals surface area contributed by atoms with Gasteiger partial charge in [-0.3, -0.25) is 4.79 Å². The molecule has 0 radical (unpaired) electrons. The van der Waals surface area contributed by atoms with Crippen molar-refractivity contribution in [2.24, 2.45) is 23.5 Å². The van der Waals surface area contributed by atoms with Crippen molar-refractivity contribution in [2.45, 2.75) is 39.2 Å². The highest BCUT2D eigenvalue weighted by Crippen LogP contribution is 2.43. The van der Waals surface area contributed by atoms with E-state index < -0.39 is 11.5 Å². The van der Waals surface area contributed by atoms with Gasteiger partial charge in [0.2, 0.25) is 0 Å². The number of nitrogens with two attached hydrogens (primary N) is 1. The summed E-state index contributed by atoms with van der Waals surface area (Å²) in [6.45, 7) is 6.38. The molecular formula is C10H19NO2. The molecule has 0 aliphatic heterocycles. The standard InChI is InChI=1S/C10H19NO2/c1-6-4-10(11,5-9(12)13)8(3)7(6)2/h6-8H,4-5,11H2,1-3H3,(H,12,13). The molecule has 0 aromatic rings. The molecule has 3 N–H and O–H groups in total. The maximum atomic E-state index is 10.6. The van der Waals surface area contributed by atoms with Crippen LogP contribution in [-0.2, 0) is 4.79 Å². The van der Waals surface area contributed by atoms with Gasteiger partial charge in [0.1, 0.15) is 0 Å². The molecule has 0 heterocycles. The molecule has 1 fully saturated rings. The van der Waals surface area contributed by atoms with Crippen molar-refractivity contribution in [3.8, 4) is 0 Å². The van der Waals surface area contributed by atoms with E-state index in [1.54, 1.807) is 0 Å². The first-order valence-corrected chi connectivity index (χ1v) is 4.87. The Kier molecular flexibility index (Phi) is 2.66. The van der Waals surface area contributed by atoms with Gasteiger partial charge < -0.3 is 10.8 Å². The minimum absolute atomic E-state index is 0.100. The van der Waals surface area contributed by atoms with Crippen molar-refractivity contribution in [2.75, 3.05) is 0 Å². The second kappa shape index (κ2) is 3.29. The van der Waals surface area contributed by atoms with E-state index in [0.29, 0.717) is 17.8 Å². The Bertz CT molecular complexity index is 217. The molecule has 1 saturated carbocycles. The monoisotopic (exact) mass is 185 g/mol. The van der Waals surface area contributed by atoms with Crippen LogP contribution in [0.3, 0.4) is 0 Å². The van der Waals surface area contributed by atoms with E-state index >= 15 is 0 Å². The van der Waals surface area contributed by atoms with Gasteiger partial charge in [0.05, 0.1) is 6.42 Å². The molecule has 0 amide bonds. The van der Waals surface area contributed by atoms with Crippen LogP contribution in [0.4, 0.5) is 0 Å². The summed E-state index contributed by atoms with van der Waals surface area (Å²) in [5, 5.41) is 8.75. The van der Waals surface area contributed by atoms with Gasteiger partial charge >= 0.3 is 5.97 Å². The van der Waals surface area contributed by atoms with Gasteiger partial charge in [-0.05, 0) is 24.2 Å². The maximum absolute atomic E-state index is 10.6. The fourth-order valence-corrected chi connectivity index (χ4v) is 2.50. The van der Waals surface area contributed by atoms with E-state index in [1.165, 1.54) is 0 Å². The lowest BCUT2D eigenvalue weighted by Gasteiger charge is -2.28. The molecule has 0 aromatic heterocycles. The number of carboxylic acid groups (broad SMARTS) is 1. The number of carbonyl (C=O) groups is 1. The topological polar surface area (TPSA) is 63.3 Å². The van der Waals surface area contributed by atoms with Gasteiger partial charge in [-0.1, -0.05) is 20.8 Å². The van der Waals surface area contributed by atoms with Crippen LogP contribution in [0.1, 0.15) is 33.6 Å². The highest BCUT2D eigenvalue weighted by molar-refractivity contribution is 5.68. The van der Waals surface area contributed by atoms with E-state index in [0.717, 1.165) is 6.42 Å². The molecule has 1 aliphatic carbocycles. The average Bonchev–Trinajstić information content (AvgIpc) is 2.14. The average molecular weight is 185 g/mol. The van der Waals surface area contributed by atoms with E-state index in [1.807, 2.05) is 0 Å². The quantitative estimate of drug-likeness (QED) is 0.684. The largest absolute Gasteiger partial charge is 0.481 e. The molecule has 4 atom stereocenters. The molecule has 76 valence electrons.